The number of ether oxygens (including phenoxy) is 1. The SMILES string of the molecule is CCOc1cc(/C=N/Nc2ccc(C(F)(F)F)cn2)ccc1O. The first-order valence-electron chi connectivity index (χ1n) is 6.68. The van der Waals surface area contributed by atoms with Crippen molar-refractivity contribution < 1.29 is 23.0 Å². The summed E-state index contributed by atoms with van der Waals surface area (Å²) in [6, 6.07) is 6.76. The zero-order valence-corrected chi connectivity index (χ0v) is 12.1. The lowest BCUT2D eigenvalue weighted by Crippen LogP contribution is -2.05. The van der Waals surface area contributed by atoms with Crippen molar-refractivity contribution in [2.24, 2.45) is 5.10 Å². The largest absolute Gasteiger partial charge is 0.504 e. The third-order valence-corrected chi connectivity index (χ3v) is 2.77. The van der Waals surface area contributed by atoms with E-state index in [0.29, 0.717) is 17.9 Å². The van der Waals surface area contributed by atoms with Crippen molar-refractivity contribution in [1.29, 1.82) is 0 Å². The number of hydrogen-bond donors (Lipinski definition) is 2. The van der Waals surface area contributed by atoms with Crippen LogP contribution in [0.4, 0.5) is 19.0 Å². The Bertz CT molecular complexity index is 685. The minimum absolute atomic E-state index is 0.0152. The summed E-state index contributed by atoms with van der Waals surface area (Å²) in [4.78, 5) is 3.63. The van der Waals surface area contributed by atoms with Crippen molar-refractivity contribution in [3.8, 4) is 11.5 Å². The van der Waals surface area contributed by atoms with E-state index >= 15 is 0 Å². The van der Waals surface area contributed by atoms with Gasteiger partial charge >= 0.3 is 6.18 Å². The van der Waals surface area contributed by atoms with Crippen molar-refractivity contribution in [2.75, 3.05) is 12.0 Å². The second-order valence-electron chi connectivity index (χ2n) is 4.46. The number of anilines is 1. The van der Waals surface area contributed by atoms with Gasteiger partial charge in [0, 0.05) is 6.20 Å². The zero-order chi connectivity index (χ0) is 16.9. The molecule has 0 saturated carbocycles. The van der Waals surface area contributed by atoms with Crippen LogP contribution in [0, 0.1) is 0 Å². The second kappa shape index (κ2) is 6.99. The molecule has 0 spiro atoms. The van der Waals surface area contributed by atoms with Crippen LogP contribution in [0.1, 0.15) is 18.1 Å². The van der Waals surface area contributed by atoms with Crippen molar-refractivity contribution in [3.63, 3.8) is 0 Å². The molecular formula is C15H14F3N3O2. The molecule has 2 rings (SSSR count). The maximum atomic E-state index is 12.4. The summed E-state index contributed by atoms with van der Waals surface area (Å²) in [5, 5.41) is 13.5. The number of halogens is 3. The van der Waals surface area contributed by atoms with Gasteiger partial charge in [-0.2, -0.15) is 18.3 Å². The van der Waals surface area contributed by atoms with Gasteiger partial charge in [-0.1, -0.05) is 0 Å². The highest BCUT2D eigenvalue weighted by molar-refractivity contribution is 5.81. The van der Waals surface area contributed by atoms with Gasteiger partial charge in [-0.15, -0.1) is 0 Å². The summed E-state index contributed by atoms with van der Waals surface area (Å²) >= 11 is 0. The summed E-state index contributed by atoms with van der Waals surface area (Å²) < 4.78 is 42.4. The fourth-order valence-corrected chi connectivity index (χ4v) is 1.68. The van der Waals surface area contributed by atoms with E-state index in [1.54, 1.807) is 19.1 Å². The minimum Gasteiger partial charge on any atom is -0.504 e. The Morgan fingerprint density at radius 1 is 1.30 bits per heavy atom. The number of benzene rings is 1. The number of hydrogen-bond acceptors (Lipinski definition) is 5. The van der Waals surface area contributed by atoms with E-state index in [9.17, 15) is 18.3 Å². The van der Waals surface area contributed by atoms with E-state index in [1.165, 1.54) is 18.3 Å². The highest BCUT2D eigenvalue weighted by Gasteiger charge is 2.30. The van der Waals surface area contributed by atoms with Gasteiger partial charge in [0.25, 0.3) is 0 Å². The number of alkyl halides is 3. The molecular weight excluding hydrogens is 311 g/mol. The van der Waals surface area contributed by atoms with E-state index in [2.05, 4.69) is 15.5 Å². The maximum absolute atomic E-state index is 12.4. The standard InChI is InChI=1S/C15H14F3N3O2/c1-2-23-13-7-10(3-5-12(13)22)8-20-21-14-6-4-11(9-19-14)15(16,17)18/h3-9,22H,2H2,1H3,(H,19,21)/b20-8+. The van der Waals surface area contributed by atoms with Gasteiger partial charge in [-0.05, 0) is 42.8 Å². The molecule has 2 N–H and O–H groups in total. The van der Waals surface area contributed by atoms with Gasteiger partial charge in [-0.25, -0.2) is 4.98 Å². The van der Waals surface area contributed by atoms with Crippen LogP contribution in [0.25, 0.3) is 0 Å². The highest BCUT2D eigenvalue weighted by Crippen LogP contribution is 2.29. The molecule has 2 aromatic rings. The molecule has 0 aliphatic rings. The molecule has 1 heterocycles. The van der Waals surface area contributed by atoms with Crippen LogP contribution in [0.2, 0.25) is 0 Å². The number of aromatic nitrogens is 1. The van der Waals surface area contributed by atoms with Crippen LogP contribution >= 0.6 is 0 Å². The van der Waals surface area contributed by atoms with Crippen molar-refractivity contribution in [2.45, 2.75) is 13.1 Å². The predicted octanol–water partition coefficient (Wildman–Crippen LogP) is 3.65. The first-order valence-corrected chi connectivity index (χ1v) is 6.68. The number of hydrazone groups is 1. The molecule has 0 amide bonds. The van der Waals surface area contributed by atoms with Crippen LogP contribution in [-0.2, 0) is 6.18 Å². The number of nitrogens with one attached hydrogen (secondary N) is 1. The fourth-order valence-electron chi connectivity index (χ4n) is 1.68. The van der Waals surface area contributed by atoms with Gasteiger partial charge in [0.15, 0.2) is 11.5 Å². The van der Waals surface area contributed by atoms with E-state index in [4.69, 9.17) is 4.74 Å². The molecule has 0 unspecified atom stereocenters. The summed E-state index contributed by atoms with van der Waals surface area (Å²) in [5.74, 6) is 0.517. The quantitative estimate of drug-likeness (QED) is 0.650. The molecule has 0 aliphatic heterocycles. The lowest BCUT2D eigenvalue weighted by Gasteiger charge is -2.07. The molecule has 5 nitrogen and oxygen atoms in total. The zero-order valence-electron chi connectivity index (χ0n) is 12.1. The van der Waals surface area contributed by atoms with Gasteiger partial charge < -0.3 is 9.84 Å². The van der Waals surface area contributed by atoms with Gasteiger partial charge in [-0.3, -0.25) is 5.43 Å². The molecule has 0 fully saturated rings. The molecule has 8 heteroatoms. The third-order valence-electron chi connectivity index (χ3n) is 2.77. The Morgan fingerprint density at radius 3 is 2.70 bits per heavy atom. The van der Waals surface area contributed by atoms with E-state index < -0.39 is 11.7 Å². The van der Waals surface area contributed by atoms with Crippen LogP contribution in [0.15, 0.2) is 41.6 Å². The summed E-state index contributed by atoms with van der Waals surface area (Å²) in [7, 11) is 0. The van der Waals surface area contributed by atoms with Gasteiger partial charge in [0.2, 0.25) is 0 Å². The number of phenols is 1. The normalized spacial score (nSPS) is 11.7. The number of aromatic hydroxyl groups is 1. The lowest BCUT2D eigenvalue weighted by atomic mass is 10.2. The fraction of sp³-hybridized carbons (Fsp3) is 0.200. The van der Waals surface area contributed by atoms with Crippen molar-refractivity contribution >= 4 is 12.0 Å². The Labute approximate surface area is 130 Å². The van der Waals surface area contributed by atoms with Gasteiger partial charge in [0.05, 0.1) is 18.4 Å². The minimum atomic E-state index is -4.42. The van der Waals surface area contributed by atoms with Crippen LogP contribution in [-0.4, -0.2) is 22.9 Å². The molecule has 0 bridgehead atoms. The van der Waals surface area contributed by atoms with Crippen LogP contribution in [0.3, 0.4) is 0 Å². The number of pyridine rings is 1. The van der Waals surface area contributed by atoms with E-state index in [1.807, 2.05) is 0 Å². The van der Waals surface area contributed by atoms with Crippen LogP contribution < -0.4 is 10.2 Å². The van der Waals surface area contributed by atoms with Crippen molar-refractivity contribution in [3.05, 3.63) is 47.7 Å². The first-order chi connectivity index (χ1) is 10.9. The van der Waals surface area contributed by atoms with E-state index in [0.717, 1.165) is 12.3 Å². The molecule has 23 heavy (non-hydrogen) atoms. The monoisotopic (exact) mass is 325 g/mol. The average Bonchev–Trinajstić information content (AvgIpc) is 2.50. The van der Waals surface area contributed by atoms with Crippen LogP contribution in [0.5, 0.6) is 11.5 Å². The summed E-state index contributed by atoms with van der Waals surface area (Å²) in [5.41, 5.74) is 2.34. The average molecular weight is 325 g/mol. The van der Waals surface area contributed by atoms with E-state index in [-0.39, 0.29) is 11.6 Å². The molecule has 0 atom stereocenters. The lowest BCUT2D eigenvalue weighted by molar-refractivity contribution is -0.137. The Morgan fingerprint density at radius 2 is 2.09 bits per heavy atom. The van der Waals surface area contributed by atoms with Crippen molar-refractivity contribution in [1.82, 2.24) is 4.98 Å². The number of nitrogens with zero attached hydrogens (tertiary/aromatic N) is 2. The third kappa shape index (κ3) is 4.60. The predicted molar refractivity (Wildman–Crippen MR) is 79.7 cm³/mol. The summed E-state index contributed by atoms with van der Waals surface area (Å²) in [6.45, 7) is 2.19. The Balaban J connectivity index is 2.03. The molecule has 1 aromatic heterocycles. The van der Waals surface area contributed by atoms with Gasteiger partial charge in [0.1, 0.15) is 5.82 Å². The Hall–Kier alpha value is -2.77. The smallest absolute Gasteiger partial charge is 0.417 e. The second-order valence-corrected chi connectivity index (χ2v) is 4.46. The molecule has 122 valence electrons. The highest BCUT2D eigenvalue weighted by atomic mass is 19.4. The molecule has 0 aliphatic carbocycles. The topological polar surface area (TPSA) is 66.7 Å². The number of rotatable bonds is 5. The first kappa shape index (κ1) is 16.6. The summed E-state index contributed by atoms with van der Waals surface area (Å²) in [6.07, 6.45) is -2.26. The Kier molecular flexibility index (Phi) is 5.05. The molecule has 0 saturated heterocycles. The molecule has 1 aromatic carbocycles. The number of phenolic OH excluding ortho intramolecular Hbond substituents is 1. The maximum Gasteiger partial charge on any atom is 0.417 e. The molecule has 0 radical (unpaired) electrons.